The third-order valence-corrected chi connectivity index (χ3v) is 13.0. The molecule has 0 atom stereocenters. The van der Waals surface area contributed by atoms with Gasteiger partial charge in [-0.15, -0.1) is 34.0 Å². The molecule has 0 unspecified atom stereocenters. The van der Waals surface area contributed by atoms with Crippen LogP contribution in [0.3, 0.4) is 0 Å². The predicted octanol–water partition coefficient (Wildman–Crippen LogP) is 9.72. The minimum absolute atomic E-state index is 0.152. The first-order chi connectivity index (χ1) is 23.0. The van der Waals surface area contributed by atoms with Gasteiger partial charge in [-0.1, -0.05) is 6.42 Å². The van der Waals surface area contributed by atoms with Crippen LogP contribution in [0.25, 0.3) is 31.3 Å². The lowest BCUT2D eigenvalue weighted by Crippen LogP contribution is -2.37. The van der Waals surface area contributed by atoms with Crippen molar-refractivity contribution in [3.8, 4) is 15.5 Å². The molecule has 48 heavy (non-hydrogen) atoms. The second-order valence-electron chi connectivity index (χ2n) is 12.2. The number of Topliss-reactive ketones (excluding diaryl/α,β-unsaturated/α-hetero) is 4. The van der Waals surface area contributed by atoms with Crippen LogP contribution in [0.1, 0.15) is 88.9 Å². The van der Waals surface area contributed by atoms with Gasteiger partial charge in [-0.25, -0.2) is 17.6 Å². The highest BCUT2D eigenvalue weighted by molar-refractivity contribution is 7.32. The molecule has 0 bridgehead atoms. The highest BCUT2D eigenvalue weighted by Crippen LogP contribution is 2.60. The summed E-state index contributed by atoms with van der Waals surface area (Å²) in [6.45, 7) is 0. The zero-order valence-corrected chi connectivity index (χ0v) is 26.9. The van der Waals surface area contributed by atoms with E-state index in [1.807, 2.05) is 12.1 Å². The molecule has 9 rings (SSSR count). The van der Waals surface area contributed by atoms with Gasteiger partial charge in [0.05, 0.1) is 30.3 Å². The summed E-state index contributed by atoms with van der Waals surface area (Å²) < 4.78 is 64.1. The Kier molecular flexibility index (Phi) is 6.32. The molecule has 4 aliphatic rings. The molecule has 1 fully saturated rings. The molecule has 3 aliphatic carbocycles. The van der Waals surface area contributed by atoms with Gasteiger partial charge in [0.15, 0.2) is 52.2 Å². The summed E-state index contributed by atoms with van der Waals surface area (Å²) in [7, 11) is 0. The smallest absolute Gasteiger partial charge is 0.197 e. The van der Waals surface area contributed by atoms with Crippen molar-refractivity contribution in [2.45, 2.75) is 37.7 Å². The van der Waals surface area contributed by atoms with E-state index in [1.54, 1.807) is 0 Å². The number of ketones is 4. The highest BCUT2D eigenvalue weighted by Gasteiger charge is 2.45. The van der Waals surface area contributed by atoms with Gasteiger partial charge in [-0.2, -0.15) is 0 Å². The van der Waals surface area contributed by atoms with Crippen molar-refractivity contribution in [3.05, 3.63) is 108 Å². The molecule has 0 amide bonds. The van der Waals surface area contributed by atoms with E-state index in [2.05, 4.69) is 0 Å². The van der Waals surface area contributed by atoms with Crippen LogP contribution in [0.5, 0.6) is 5.75 Å². The first kappa shape index (κ1) is 29.6. The van der Waals surface area contributed by atoms with Crippen LogP contribution in [-0.4, -0.2) is 23.1 Å². The number of fused-ring (bicyclic) bond motifs is 8. The summed E-state index contributed by atoms with van der Waals surface area (Å²) in [4.78, 5) is 55.3. The van der Waals surface area contributed by atoms with Gasteiger partial charge in [0.1, 0.15) is 5.60 Å². The quantitative estimate of drug-likeness (QED) is 0.104. The number of carbonyl (C=O) groups is 4. The topological polar surface area (TPSA) is 77.5 Å². The van der Waals surface area contributed by atoms with Gasteiger partial charge in [0.25, 0.3) is 0 Å². The molecule has 4 heterocycles. The number of benzene rings is 2. The van der Waals surface area contributed by atoms with Crippen molar-refractivity contribution in [2.75, 3.05) is 0 Å². The molecule has 0 radical (unpaired) electrons. The SMILES string of the molecule is O=C1C(=Cc2cc3c(s2)-c2sc4cc(C=C5C(=O)c6cc(F)c(F)cc6C5=O)sc4c2OC32CCCCC2)C(=O)c2cc(F)c(F)cc21. The lowest BCUT2D eigenvalue weighted by molar-refractivity contribution is 0.0267. The summed E-state index contributed by atoms with van der Waals surface area (Å²) in [6.07, 6.45) is 7.37. The van der Waals surface area contributed by atoms with Gasteiger partial charge in [0.2, 0.25) is 0 Å². The number of allylic oxidation sites excluding steroid dienone is 2. The zero-order valence-electron chi connectivity index (χ0n) is 24.4. The molecule has 1 spiro atoms. The van der Waals surface area contributed by atoms with E-state index >= 15 is 0 Å². The van der Waals surface area contributed by atoms with E-state index in [9.17, 15) is 36.7 Å². The number of halogens is 4. The Morgan fingerprint density at radius 2 is 1.06 bits per heavy atom. The average Bonchev–Trinajstić information content (AvgIpc) is 3.84. The fourth-order valence-electron chi connectivity index (χ4n) is 7.11. The number of rotatable bonds is 2. The molecule has 5 nitrogen and oxygen atoms in total. The van der Waals surface area contributed by atoms with Gasteiger partial charge < -0.3 is 4.74 Å². The molecule has 1 aliphatic heterocycles. The molecule has 5 aromatic rings. The van der Waals surface area contributed by atoms with Crippen LogP contribution < -0.4 is 4.74 Å². The van der Waals surface area contributed by atoms with Crippen LogP contribution in [0.4, 0.5) is 17.6 Å². The third kappa shape index (κ3) is 4.12. The van der Waals surface area contributed by atoms with Crippen molar-refractivity contribution < 1.29 is 41.5 Å². The Balaban J connectivity index is 1.12. The van der Waals surface area contributed by atoms with E-state index in [4.69, 9.17) is 4.74 Å². The van der Waals surface area contributed by atoms with Gasteiger partial charge in [0, 0.05) is 37.6 Å². The maximum atomic E-state index is 13.9. The summed E-state index contributed by atoms with van der Waals surface area (Å²) in [6, 6.07) is 6.83. The van der Waals surface area contributed by atoms with E-state index in [1.165, 1.54) is 46.2 Å². The Labute approximate surface area is 280 Å². The molecule has 1 saturated carbocycles. The van der Waals surface area contributed by atoms with Crippen LogP contribution >= 0.6 is 34.0 Å². The van der Waals surface area contributed by atoms with E-state index in [-0.39, 0.29) is 33.4 Å². The summed E-state index contributed by atoms with van der Waals surface area (Å²) >= 11 is 4.22. The fourth-order valence-corrected chi connectivity index (χ4v) is 10.9. The molecule has 0 N–H and O–H groups in total. The fraction of sp³-hybridized carbons (Fsp3) is 0.167. The van der Waals surface area contributed by atoms with E-state index < -0.39 is 52.0 Å². The Morgan fingerprint density at radius 3 is 1.56 bits per heavy atom. The summed E-state index contributed by atoms with van der Waals surface area (Å²) in [5.74, 6) is -6.72. The lowest BCUT2D eigenvalue weighted by atomic mass is 9.78. The average molecular weight is 703 g/mol. The maximum Gasteiger partial charge on any atom is 0.197 e. The maximum absolute atomic E-state index is 13.9. The number of hydrogen-bond acceptors (Lipinski definition) is 8. The third-order valence-electron chi connectivity index (χ3n) is 9.40. The van der Waals surface area contributed by atoms with Crippen molar-refractivity contribution in [1.82, 2.24) is 0 Å². The summed E-state index contributed by atoms with van der Waals surface area (Å²) in [5.41, 5.74) is -0.632. The molecule has 12 heteroatoms. The molecular weight excluding hydrogens is 685 g/mol. The standard InChI is InChI=1S/C36H18F4O5S3/c37-23-10-16-17(11-24(23)38)29(42)20(28(16)41)6-14-8-22-33(46-14)35-32(45-36(22)4-2-1-3-5-36)34-27(48-35)9-15(47-34)7-21-30(43)18-12-25(39)26(40)13-19(18)31(21)44/h6-13H,1-5H2. The highest BCUT2D eigenvalue weighted by atomic mass is 32.1. The number of carbonyl (C=O) groups excluding carboxylic acids is 4. The number of ether oxygens (including phenoxy) is 1. The van der Waals surface area contributed by atoms with Crippen molar-refractivity contribution in [3.63, 3.8) is 0 Å². The number of thiophene rings is 3. The molecule has 3 aromatic heterocycles. The van der Waals surface area contributed by atoms with Crippen molar-refractivity contribution in [1.29, 1.82) is 0 Å². The first-order valence-electron chi connectivity index (χ1n) is 15.0. The second kappa shape index (κ2) is 10.2. The van der Waals surface area contributed by atoms with Gasteiger partial charge >= 0.3 is 0 Å². The zero-order chi connectivity index (χ0) is 33.2. The molecule has 0 saturated heterocycles. The monoisotopic (exact) mass is 702 g/mol. The Bertz CT molecular complexity index is 2350. The first-order valence-corrected chi connectivity index (χ1v) is 17.5. The minimum atomic E-state index is -1.20. The Morgan fingerprint density at radius 1 is 0.583 bits per heavy atom. The van der Waals surface area contributed by atoms with Crippen LogP contribution in [0.15, 0.2) is 47.5 Å². The lowest BCUT2D eigenvalue weighted by Gasteiger charge is -2.40. The van der Waals surface area contributed by atoms with Crippen molar-refractivity contribution in [2.24, 2.45) is 0 Å². The van der Waals surface area contributed by atoms with E-state index in [0.29, 0.717) is 15.5 Å². The predicted molar refractivity (Wildman–Crippen MR) is 174 cm³/mol. The normalized spacial score (nSPS) is 17.6. The molecule has 238 valence electrons. The minimum Gasteiger partial charge on any atom is -0.479 e. The second-order valence-corrected chi connectivity index (χ2v) is 15.4. The summed E-state index contributed by atoms with van der Waals surface area (Å²) in [5, 5.41) is 0. The largest absolute Gasteiger partial charge is 0.479 e. The Hall–Kier alpha value is -4.52. The van der Waals surface area contributed by atoms with Crippen LogP contribution in [-0.2, 0) is 5.60 Å². The van der Waals surface area contributed by atoms with Gasteiger partial charge in [-0.3, -0.25) is 19.2 Å². The molecular formula is C36H18F4O5S3. The molecule has 2 aromatic carbocycles. The van der Waals surface area contributed by atoms with Gasteiger partial charge in [-0.05, 0) is 74.2 Å². The van der Waals surface area contributed by atoms with Crippen molar-refractivity contribution >= 4 is 78.7 Å². The van der Waals surface area contributed by atoms with E-state index in [0.717, 1.165) is 81.1 Å². The van der Waals surface area contributed by atoms with Crippen LogP contribution in [0, 0.1) is 23.3 Å². The number of hydrogen-bond donors (Lipinski definition) is 0. The van der Waals surface area contributed by atoms with Crippen LogP contribution in [0.2, 0.25) is 0 Å².